The van der Waals surface area contributed by atoms with Gasteiger partial charge in [-0.1, -0.05) is 12.1 Å². The van der Waals surface area contributed by atoms with Gasteiger partial charge in [-0.3, -0.25) is 4.79 Å². The molecule has 25 heavy (non-hydrogen) atoms. The van der Waals surface area contributed by atoms with Gasteiger partial charge in [-0.2, -0.15) is 0 Å². The van der Waals surface area contributed by atoms with Crippen molar-refractivity contribution in [2.24, 2.45) is 0 Å². The summed E-state index contributed by atoms with van der Waals surface area (Å²) in [6.45, 7) is 3.51. The van der Waals surface area contributed by atoms with E-state index in [2.05, 4.69) is 5.32 Å². The van der Waals surface area contributed by atoms with Gasteiger partial charge in [0.15, 0.2) is 11.6 Å². The first-order valence-electron chi connectivity index (χ1n) is 7.78. The maximum absolute atomic E-state index is 13.7. The number of aromatic carboxylic acids is 1. The molecule has 0 bridgehead atoms. The third kappa shape index (κ3) is 4.56. The number of nitrogens with one attached hydrogen (secondary N) is 1. The number of aryl methyl sites for hydroxylation is 3. The minimum atomic E-state index is -1.04. The highest BCUT2D eigenvalue weighted by Gasteiger charge is 2.13. The van der Waals surface area contributed by atoms with E-state index in [-0.39, 0.29) is 23.6 Å². The molecule has 2 rings (SSSR count). The molecule has 6 heteroatoms. The molecule has 2 N–H and O–H groups in total. The first-order chi connectivity index (χ1) is 11.8. The summed E-state index contributed by atoms with van der Waals surface area (Å²) in [7, 11) is 1.39. The van der Waals surface area contributed by atoms with Crippen molar-refractivity contribution in [2.75, 3.05) is 12.4 Å². The second kappa shape index (κ2) is 7.79. The van der Waals surface area contributed by atoms with Gasteiger partial charge in [-0.15, -0.1) is 0 Å². The average Bonchev–Trinajstić information content (AvgIpc) is 2.55. The number of anilines is 1. The molecule has 0 unspecified atom stereocenters. The van der Waals surface area contributed by atoms with Crippen LogP contribution in [0, 0.1) is 19.7 Å². The second-order valence-corrected chi connectivity index (χ2v) is 5.80. The van der Waals surface area contributed by atoms with Crippen LogP contribution in [0.3, 0.4) is 0 Å². The summed E-state index contributed by atoms with van der Waals surface area (Å²) < 4.78 is 18.5. The van der Waals surface area contributed by atoms with Gasteiger partial charge in [0, 0.05) is 12.1 Å². The van der Waals surface area contributed by atoms with E-state index in [0.29, 0.717) is 23.2 Å². The van der Waals surface area contributed by atoms with Gasteiger partial charge in [-0.25, -0.2) is 9.18 Å². The van der Waals surface area contributed by atoms with E-state index in [4.69, 9.17) is 4.74 Å². The SMILES string of the molecule is COc1ccc(CCC(=O)Nc2cc(C(=O)O)c(C)cc2C)cc1F. The van der Waals surface area contributed by atoms with Crippen molar-refractivity contribution in [2.45, 2.75) is 26.7 Å². The van der Waals surface area contributed by atoms with Crippen LogP contribution in [0.2, 0.25) is 0 Å². The van der Waals surface area contributed by atoms with E-state index >= 15 is 0 Å². The molecule has 0 saturated carbocycles. The molecule has 0 fully saturated rings. The second-order valence-electron chi connectivity index (χ2n) is 5.80. The van der Waals surface area contributed by atoms with Crippen LogP contribution < -0.4 is 10.1 Å². The van der Waals surface area contributed by atoms with Crippen molar-refractivity contribution in [1.29, 1.82) is 0 Å². The lowest BCUT2D eigenvalue weighted by atomic mass is 10.0. The lowest BCUT2D eigenvalue weighted by Gasteiger charge is -2.12. The molecule has 0 heterocycles. The number of hydrogen-bond donors (Lipinski definition) is 2. The minimum Gasteiger partial charge on any atom is -0.494 e. The number of hydrogen-bond acceptors (Lipinski definition) is 3. The van der Waals surface area contributed by atoms with Crippen molar-refractivity contribution < 1.29 is 23.8 Å². The zero-order valence-corrected chi connectivity index (χ0v) is 14.4. The number of amides is 1. The van der Waals surface area contributed by atoms with E-state index in [1.165, 1.54) is 25.3 Å². The number of carboxylic acids is 1. The molecule has 2 aromatic rings. The molecule has 132 valence electrons. The topological polar surface area (TPSA) is 75.6 Å². The molecule has 5 nitrogen and oxygen atoms in total. The summed E-state index contributed by atoms with van der Waals surface area (Å²) in [5.74, 6) is -1.62. The van der Waals surface area contributed by atoms with Crippen molar-refractivity contribution in [3.05, 3.63) is 58.4 Å². The summed E-state index contributed by atoms with van der Waals surface area (Å²) in [6, 6.07) is 7.74. The predicted octanol–water partition coefficient (Wildman–Crippen LogP) is 3.72. The summed E-state index contributed by atoms with van der Waals surface area (Å²) in [6.07, 6.45) is 0.519. The van der Waals surface area contributed by atoms with Gasteiger partial charge in [0.2, 0.25) is 5.91 Å². The Balaban J connectivity index is 2.04. The third-order valence-electron chi connectivity index (χ3n) is 3.93. The average molecular weight is 345 g/mol. The van der Waals surface area contributed by atoms with Gasteiger partial charge in [0.1, 0.15) is 0 Å². The van der Waals surface area contributed by atoms with Crippen molar-refractivity contribution in [3.63, 3.8) is 0 Å². The van der Waals surface area contributed by atoms with Crippen LogP contribution >= 0.6 is 0 Å². The Bertz CT molecular complexity index is 817. The Morgan fingerprint density at radius 3 is 2.48 bits per heavy atom. The molecular weight excluding hydrogens is 325 g/mol. The molecule has 0 aliphatic rings. The lowest BCUT2D eigenvalue weighted by molar-refractivity contribution is -0.116. The maximum Gasteiger partial charge on any atom is 0.336 e. The van der Waals surface area contributed by atoms with E-state index in [9.17, 15) is 19.1 Å². The molecule has 0 aliphatic heterocycles. The first kappa shape index (κ1) is 18.4. The monoisotopic (exact) mass is 345 g/mol. The number of rotatable bonds is 6. The molecule has 0 aliphatic carbocycles. The van der Waals surface area contributed by atoms with Crippen LogP contribution in [-0.4, -0.2) is 24.1 Å². The molecule has 0 saturated heterocycles. The van der Waals surface area contributed by atoms with Gasteiger partial charge < -0.3 is 15.2 Å². The van der Waals surface area contributed by atoms with Crippen molar-refractivity contribution in [3.8, 4) is 5.75 Å². The third-order valence-corrected chi connectivity index (χ3v) is 3.93. The Morgan fingerprint density at radius 2 is 1.88 bits per heavy atom. The van der Waals surface area contributed by atoms with Crippen LogP contribution in [0.4, 0.5) is 10.1 Å². The number of methoxy groups -OCH3 is 1. The first-order valence-corrected chi connectivity index (χ1v) is 7.78. The Hall–Kier alpha value is -2.89. The predicted molar refractivity (Wildman–Crippen MR) is 92.8 cm³/mol. The maximum atomic E-state index is 13.7. The normalized spacial score (nSPS) is 10.4. The zero-order chi connectivity index (χ0) is 18.6. The van der Waals surface area contributed by atoms with Crippen LogP contribution in [-0.2, 0) is 11.2 Å². The quantitative estimate of drug-likeness (QED) is 0.837. The Kier molecular flexibility index (Phi) is 5.75. The highest BCUT2D eigenvalue weighted by molar-refractivity contribution is 5.95. The highest BCUT2D eigenvalue weighted by atomic mass is 19.1. The number of carbonyl (C=O) groups is 2. The molecule has 0 atom stereocenters. The fraction of sp³-hybridized carbons (Fsp3) is 0.263. The lowest BCUT2D eigenvalue weighted by Crippen LogP contribution is -2.14. The summed E-state index contributed by atoms with van der Waals surface area (Å²) in [5.41, 5.74) is 2.72. The van der Waals surface area contributed by atoms with Gasteiger partial charge in [-0.05, 0) is 55.2 Å². The van der Waals surface area contributed by atoms with Crippen LogP contribution in [0.1, 0.15) is 33.5 Å². The van der Waals surface area contributed by atoms with E-state index < -0.39 is 11.8 Å². The van der Waals surface area contributed by atoms with E-state index in [1.54, 1.807) is 26.0 Å². The fourth-order valence-corrected chi connectivity index (χ4v) is 2.55. The summed E-state index contributed by atoms with van der Waals surface area (Å²) >= 11 is 0. The smallest absolute Gasteiger partial charge is 0.336 e. The molecule has 0 spiro atoms. The van der Waals surface area contributed by atoms with Crippen LogP contribution in [0.25, 0.3) is 0 Å². The Labute approximate surface area is 145 Å². The van der Waals surface area contributed by atoms with Gasteiger partial charge in [0.25, 0.3) is 0 Å². The van der Waals surface area contributed by atoms with Crippen molar-refractivity contribution in [1.82, 2.24) is 0 Å². The molecule has 0 radical (unpaired) electrons. The fourth-order valence-electron chi connectivity index (χ4n) is 2.55. The van der Waals surface area contributed by atoms with E-state index in [0.717, 1.165) is 5.56 Å². The summed E-state index contributed by atoms with van der Waals surface area (Å²) in [4.78, 5) is 23.3. The van der Waals surface area contributed by atoms with Gasteiger partial charge in [0.05, 0.1) is 12.7 Å². The van der Waals surface area contributed by atoms with Crippen LogP contribution in [0.15, 0.2) is 30.3 Å². The molecular formula is C19H20FNO4. The molecule has 0 aromatic heterocycles. The minimum absolute atomic E-state index is 0.151. The van der Waals surface area contributed by atoms with E-state index in [1.807, 2.05) is 0 Å². The zero-order valence-electron chi connectivity index (χ0n) is 14.4. The standard InChI is InChI=1S/C19H20FNO4/c1-11-8-12(2)16(10-14(11)19(23)24)21-18(22)7-5-13-4-6-17(25-3)15(20)9-13/h4,6,8-10H,5,7H2,1-3H3,(H,21,22)(H,23,24). The van der Waals surface area contributed by atoms with Crippen molar-refractivity contribution >= 4 is 17.6 Å². The highest BCUT2D eigenvalue weighted by Crippen LogP contribution is 2.22. The largest absolute Gasteiger partial charge is 0.494 e. The number of ether oxygens (including phenoxy) is 1. The number of carbonyl (C=O) groups excluding carboxylic acids is 1. The van der Waals surface area contributed by atoms with Crippen LogP contribution in [0.5, 0.6) is 5.75 Å². The molecule has 1 amide bonds. The number of carboxylic acid groups (broad SMARTS) is 1. The summed E-state index contributed by atoms with van der Waals surface area (Å²) in [5, 5.41) is 11.9. The molecule has 2 aromatic carbocycles. The Morgan fingerprint density at radius 1 is 1.16 bits per heavy atom. The number of benzene rings is 2. The van der Waals surface area contributed by atoms with Gasteiger partial charge >= 0.3 is 5.97 Å². The number of halogens is 1.